The number of nitrogens with zero attached hydrogens (tertiary/aromatic N) is 3. The average molecular weight is 680 g/mol. The standard InChI is InChI=1S/C39H38ClN3O4S/c1-30-12-22-37(23-13-30)48(45,46)43(28-31-14-16-34(40)17-15-31)35-18-20-36(21-19-35)47-29-38(44)41-24-26-42(27-25-41)39(32-8-4-2-5-9-32)33-10-6-3-7-11-33/h2-23,39H,24-29H2,1H3. The van der Waals surface area contributed by atoms with Crippen molar-refractivity contribution in [2.75, 3.05) is 37.1 Å². The van der Waals surface area contributed by atoms with Crippen molar-refractivity contribution in [1.82, 2.24) is 9.80 Å². The molecule has 48 heavy (non-hydrogen) atoms. The van der Waals surface area contributed by atoms with Crippen molar-refractivity contribution >= 4 is 33.2 Å². The van der Waals surface area contributed by atoms with Gasteiger partial charge in [-0.25, -0.2) is 8.42 Å². The number of carbonyl (C=O) groups excluding carboxylic acids is 1. The van der Waals surface area contributed by atoms with Gasteiger partial charge in [0.05, 0.1) is 23.2 Å². The van der Waals surface area contributed by atoms with E-state index in [1.54, 1.807) is 60.7 Å². The molecule has 1 saturated heterocycles. The fourth-order valence-electron chi connectivity index (χ4n) is 5.97. The first-order valence-corrected chi connectivity index (χ1v) is 17.8. The molecule has 1 fully saturated rings. The molecule has 246 valence electrons. The van der Waals surface area contributed by atoms with Crippen molar-refractivity contribution < 1.29 is 17.9 Å². The summed E-state index contributed by atoms with van der Waals surface area (Å²) >= 11 is 6.07. The normalized spacial score (nSPS) is 13.8. The topological polar surface area (TPSA) is 70.2 Å². The summed E-state index contributed by atoms with van der Waals surface area (Å²) < 4.78 is 34.9. The number of piperazine rings is 1. The summed E-state index contributed by atoms with van der Waals surface area (Å²) in [5, 5.41) is 0.577. The highest BCUT2D eigenvalue weighted by Gasteiger charge is 2.29. The zero-order valence-corrected chi connectivity index (χ0v) is 28.4. The SMILES string of the molecule is Cc1ccc(S(=O)(=O)N(Cc2ccc(Cl)cc2)c2ccc(OCC(=O)N3CCN(C(c4ccccc4)c4ccccc4)CC3)cc2)cc1. The van der Waals surface area contributed by atoms with Crippen LogP contribution in [0, 0.1) is 6.92 Å². The Morgan fingerprint density at radius 2 is 1.31 bits per heavy atom. The Hall–Kier alpha value is -4.63. The average Bonchev–Trinajstić information content (AvgIpc) is 3.12. The third-order valence-electron chi connectivity index (χ3n) is 8.60. The van der Waals surface area contributed by atoms with Crippen molar-refractivity contribution in [2.45, 2.75) is 24.4 Å². The Balaban J connectivity index is 1.10. The van der Waals surface area contributed by atoms with Crippen LogP contribution in [0.5, 0.6) is 5.75 Å². The monoisotopic (exact) mass is 679 g/mol. The molecule has 0 unspecified atom stereocenters. The van der Waals surface area contributed by atoms with Crippen LogP contribution >= 0.6 is 11.6 Å². The Labute approximate surface area is 288 Å². The van der Waals surface area contributed by atoms with Crippen LogP contribution < -0.4 is 9.04 Å². The van der Waals surface area contributed by atoms with Gasteiger partial charge in [-0.3, -0.25) is 14.0 Å². The van der Waals surface area contributed by atoms with E-state index in [0.29, 0.717) is 29.5 Å². The molecule has 1 amide bonds. The molecule has 0 aromatic heterocycles. The molecule has 6 rings (SSSR count). The number of amides is 1. The third-order valence-corrected chi connectivity index (χ3v) is 10.6. The lowest BCUT2D eigenvalue weighted by Crippen LogP contribution is -2.51. The van der Waals surface area contributed by atoms with Gasteiger partial charge < -0.3 is 9.64 Å². The molecule has 5 aromatic carbocycles. The van der Waals surface area contributed by atoms with Gasteiger partial charge in [-0.05, 0) is 72.1 Å². The highest BCUT2D eigenvalue weighted by atomic mass is 35.5. The number of hydrogen-bond donors (Lipinski definition) is 0. The van der Waals surface area contributed by atoms with E-state index in [1.165, 1.54) is 15.4 Å². The van der Waals surface area contributed by atoms with E-state index in [1.807, 2.05) is 36.1 Å². The minimum atomic E-state index is -3.88. The van der Waals surface area contributed by atoms with E-state index in [4.69, 9.17) is 16.3 Å². The van der Waals surface area contributed by atoms with Gasteiger partial charge in [-0.15, -0.1) is 0 Å². The van der Waals surface area contributed by atoms with E-state index < -0.39 is 10.0 Å². The second kappa shape index (κ2) is 15.1. The van der Waals surface area contributed by atoms with Crippen LogP contribution in [-0.2, 0) is 21.4 Å². The first-order chi connectivity index (χ1) is 23.3. The van der Waals surface area contributed by atoms with Gasteiger partial charge in [0.25, 0.3) is 15.9 Å². The number of benzene rings is 5. The molecular formula is C39H38ClN3O4S. The molecule has 0 bridgehead atoms. The van der Waals surface area contributed by atoms with Gasteiger partial charge in [0.2, 0.25) is 0 Å². The van der Waals surface area contributed by atoms with Gasteiger partial charge in [-0.1, -0.05) is 102 Å². The number of carbonyl (C=O) groups is 1. The first kappa shape index (κ1) is 33.3. The zero-order valence-electron chi connectivity index (χ0n) is 26.8. The summed E-state index contributed by atoms with van der Waals surface area (Å²) in [5.41, 5.74) is 4.70. The maximum atomic E-state index is 13.8. The number of rotatable bonds is 11. The zero-order chi connectivity index (χ0) is 33.5. The van der Waals surface area contributed by atoms with Crippen molar-refractivity contribution in [1.29, 1.82) is 0 Å². The molecule has 7 nitrogen and oxygen atoms in total. The molecule has 0 N–H and O–H groups in total. The number of ether oxygens (including phenoxy) is 1. The number of halogens is 1. The van der Waals surface area contributed by atoms with Crippen LogP contribution in [0.15, 0.2) is 138 Å². The summed E-state index contributed by atoms with van der Waals surface area (Å²) in [7, 11) is -3.88. The Bertz CT molecular complexity index is 1860. The molecule has 1 aliphatic heterocycles. The number of anilines is 1. The molecule has 0 aliphatic carbocycles. The van der Waals surface area contributed by atoms with Gasteiger partial charge in [0.15, 0.2) is 6.61 Å². The van der Waals surface area contributed by atoms with Crippen molar-refractivity contribution in [3.05, 3.63) is 161 Å². The second-order valence-corrected chi connectivity index (χ2v) is 14.2. The molecule has 0 saturated carbocycles. The second-order valence-electron chi connectivity index (χ2n) is 11.9. The lowest BCUT2D eigenvalue weighted by molar-refractivity contribution is -0.135. The van der Waals surface area contributed by atoms with Crippen molar-refractivity contribution in [3.8, 4) is 5.75 Å². The van der Waals surface area contributed by atoms with Gasteiger partial charge in [0.1, 0.15) is 5.75 Å². The Morgan fingerprint density at radius 1 is 0.750 bits per heavy atom. The fourth-order valence-corrected chi connectivity index (χ4v) is 7.55. The lowest BCUT2D eigenvalue weighted by atomic mass is 9.96. The summed E-state index contributed by atoms with van der Waals surface area (Å²) in [6, 6.07) is 41.8. The molecule has 0 radical (unpaired) electrons. The third kappa shape index (κ3) is 7.90. The summed E-state index contributed by atoms with van der Waals surface area (Å²) in [4.78, 5) is 17.7. The number of aryl methyl sites for hydroxylation is 1. The number of sulfonamides is 1. The van der Waals surface area contributed by atoms with Crippen LogP contribution in [0.3, 0.4) is 0 Å². The molecule has 1 heterocycles. The predicted octanol–water partition coefficient (Wildman–Crippen LogP) is 7.36. The van der Waals surface area contributed by atoms with Crippen LogP contribution in [0.1, 0.15) is 28.3 Å². The molecule has 0 atom stereocenters. The maximum absolute atomic E-state index is 13.8. The maximum Gasteiger partial charge on any atom is 0.264 e. The van der Waals surface area contributed by atoms with E-state index >= 15 is 0 Å². The van der Waals surface area contributed by atoms with Crippen LogP contribution in [0.25, 0.3) is 0 Å². The van der Waals surface area contributed by atoms with E-state index in [9.17, 15) is 13.2 Å². The summed E-state index contributed by atoms with van der Waals surface area (Å²) in [5.74, 6) is 0.402. The van der Waals surface area contributed by atoms with Crippen molar-refractivity contribution in [2.24, 2.45) is 0 Å². The molecule has 1 aliphatic rings. The van der Waals surface area contributed by atoms with Gasteiger partial charge in [0, 0.05) is 31.2 Å². The van der Waals surface area contributed by atoms with Crippen LogP contribution in [0.2, 0.25) is 5.02 Å². The molecule has 0 spiro atoms. The number of hydrogen-bond acceptors (Lipinski definition) is 5. The van der Waals surface area contributed by atoms with Gasteiger partial charge in [-0.2, -0.15) is 0 Å². The van der Waals surface area contributed by atoms with E-state index in [0.717, 1.165) is 24.2 Å². The largest absolute Gasteiger partial charge is 0.484 e. The minimum Gasteiger partial charge on any atom is -0.484 e. The molecule has 5 aromatic rings. The lowest BCUT2D eigenvalue weighted by Gasteiger charge is -2.39. The van der Waals surface area contributed by atoms with Crippen molar-refractivity contribution in [3.63, 3.8) is 0 Å². The predicted molar refractivity (Wildman–Crippen MR) is 191 cm³/mol. The molecule has 9 heteroatoms. The Kier molecular flexibility index (Phi) is 10.4. The minimum absolute atomic E-state index is 0.0824. The quantitative estimate of drug-likeness (QED) is 0.146. The highest BCUT2D eigenvalue weighted by Crippen LogP contribution is 2.31. The fraction of sp³-hybridized carbons (Fsp3) is 0.205. The van der Waals surface area contributed by atoms with E-state index in [2.05, 4.69) is 53.4 Å². The first-order valence-electron chi connectivity index (χ1n) is 16.0. The van der Waals surface area contributed by atoms with Gasteiger partial charge >= 0.3 is 0 Å². The van der Waals surface area contributed by atoms with Crippen LogP contribution in [0.4, 0.5) is 5.69 Å². The smallest absolute Gasteiger partial charge is 0.264 e. The molecular weight excluding hydrogens is 642 g/mol. The summed E-state index contributed by atoms with van der Waals surface area (Å²) in [6.45, 7) is 4.63. The van der Waals surface area contributed by atoms with E-state index in [-0.39, 0.29) is 30.0 Å². The van der Waals surface area contributed by atoms with Crippen LogP contribution in [-0.4, -0.2) is 56.9 Å². The highest BCUT2D eigenvalue weighted by molar-refractivity contribution is 7.92. The summed E-state index contributed by atoms with van der Waals surface area (Å²) in [6.07, 6.45) is 0. The Morgan fingerprint density at radius 3 is 1.88 bits per heavy atom.